The molecule has 0 unspecified atom stereocenters. The van der Waals surface area contributed by atoms with Crippen molar-refractivity contribution in [2.45, 2.75) is 19.1 Å². The van der Waals surface area contributed by atoms with E-state index in [9.17, 15) is 18.0 Å². The maximum atomic E-state index is 12.7. The second kappa shape index (κ2) is 8.19. The molecule has 11 heteroatoms. The van der Waals surface area contributed by atoms with E-state index in [1.54, 1.807) is 6.07 Å². The molecule has 0 bridgehead atoms. The van der Waals surface area contributed by atoms with Crippen molar-refractivity contribution in [3.63, 3.8) is 0 Å². The summed E-state index contributed by atoms with van der Waals surface area (Å²) in [5, 5.41) is 0.427. The first-order valence-electron chi connectivity index (χ1n) is 8.96. The quantitative estimate of drug-likeness (QED) is 0.556. The highest BCUT2D eigenvalue weighted by Crippen LogP contribution is 2.34. The Balaban J connectivity index is 1.46. The highest BCUT2D eigenvalue weighted by molar-refractivity contribution is 7.12. The number of alkyl halides is 3. The lowest BCUT2D eigenvalue weighted by Gasteiger charge is -2.26. The first-order chi connectivity index (χ1) is 14.3. The first-order valence-corrected chi connectivity index (χ1v) is 10.2. The lowest BCUT2D eigenvalue weighted by molar-refractivity contribution is -0.134. The predicted octanol–water partition coefficient (Wildman–Crippen LogP) is 4.11. The van der Waals surface area contributed by atoms with E-state index in [0.29, 0.717) is 40.9 Å². The van der Waals surface area contributed by atoms with Crippen molar-refractivity contribution in [2.75, 3.05) is 18.0 Å². The van der Waals surface area contributed by atoms with Crippen molar-refractivity contribution in [1.29, 1.82) is 0 Å². The Morgan fingerprint density at radius 1 is 1.17 bits per heavy atom. The van der Waals surface area contributed by atoms with E-state index in [1.165, 1.54) is 17.0 Å². The molecule has 4 heterocycles. The van der Waals surface area contributed by atoms with E-state index in [1.807, 2.05) is 23.1 Å². The Kier molecular flexibility index (Phi) is 5.61. The molecule has 3 aromatic heterocycles. The summed E-state index contributed by atoms with van der Waals surface area (Å²) in [6.07, 6.45) is -0.401. The van der Waals surface area contributed by atoms with E-state index < -0.39 is 16.7 Å². The molecular weight excluding hydrogens is 439 g/mol. The van der Waals surface area contributed by atoms with Crippen LogP contribution >= 0.6 is 22.9 Å². The lowest BCUT2D eigenvalue weighted by atomic mass is 10.0. The molecule has 30 heavy (non-hydrogen) atoms. The standard InChI is InChI=1S/C19H15ClF3N5OS/c20-16-3-1-2-14(25-16)12-6-8-27(9-7-12)17-24-11-28(18(29)26-17)10-13-4-5-15(30-13)19(21,22)23/h1-6,11H,7-10H2. The third-order valence-electron chi connectivity index (χ3n) is 4.56. The highest BCUT2D eigenvalue weighted by atomic mass is 35.5. The summed E-state index contributed by atoms with van der Waals surface area (Å²) in [6.45, 7) is 1.10. The summed E-state index contributed by atoms with van der Waals surface area (Å²) in [6, 6.07) is 7.80. The minimum absolute atomic E-state index is 0.00958. The van der Waals surface area contributed by atoms with Crippen LogP contribution in [-0.4, -0.2) is 32.6 Å². The van der Waals surface area contributed by atoms with Gasteiger partial charge in [0.05, 0.1) is 12.2 Å². The van der Waals surface area contributed by atoms with Gasteiger partial charge in [0.15, 0.2) is 0 Å². The van der Waals surface area contributed by atoms with E-state index in [4.69, 9.17) is 11.6 Å². The fourth-order valence-electron chi connectivity index (χ4n) is 3.06. The van der Waals surface area contributed by atoms with Crippen molar-refractivity contribution in [3.05, 3.63) is 73.8 Å². The number of aromatic nitrogens is 4. The van der Waals surface area contributed by atoms with Crippen LogP contribution in [0.2, 0.25) is 5.15 Å². The molecule has 1 aliphatic heterocycles. The van der Waals surface area contributed by atoms with E-state index >= 15 is 0 Å². The van der Waals surface area contributed by atoms with Crippen molar-refractivity contribution in [2.24, 2.45) is 0 Å². The summed E-state index contributed by atoms with van der Waals surface area (Å²) in [7, 11) is 0. The topological polar surface area (TPSA) is 63.9 Å². The van der Waals surface area contributed by atoms with Gasteiger partial charge in [-0.15, -0.1) is 11.3 Å². The molecule has 156 valence electrons. The van der Waals surface area contributed by atoms with Crippen LogP contribution in [-0.2, 0) is 12.7 Å². The molecule has 0 atom stereocenters. The van der Waals surface area contributed by atoms with Crippen LogP contribution in [0.1, 0.15) is 21.9 Å². The number of pyridine rings is 1. The van der Waals surface area contributed by atoms with Crippen LogP contribution in [0.25, 0.3) is 5.57 Å². The van der Waals surface area contributed by atoms with Gasteiger partial charge in [-0.2, -0.15) is 18.2 Å². The molecular formula is C19H15ClF3N5OS. The second-order valence-electron chi connectivity index (χ2n) is 6.60. The summed E-state index contributed by atoms with van der Waals surface area (Å²) in [5.41, 5.74) is 1.31. The average Bonchev–Trinajstić information content (AvgIpc) is 3.19. The van der Waals surface area contributed by atoms with Gasteiger partial charge in [0, 0.05) is 18.0 Å². The molecule has 4 rings (SSSR count). The maximum Gasteiger partial charge on any atom is 0.425 e. The minimum Gasteiger partial charge on any atom is -0.337 e. The van der Waals surface area contributed by atoms with Crippen molar-refractivity contribution >= 4 is 34.5 Å². The number of nitrogens with zero attached hydrogens (tertiary/aromatic N) is 5. The molecule has 0 N–H and O–H groups in total. The van der Waals surface area contributed by atoms with E-state index in [0.717, 1.165) is 17.3 Å². The van der Waals surface area contributed by atoms with Crippen LogP contribution in [0.15, 0.2) is 47.5 Å². The molecule has 0 amide bonds. The minimum atomic E-state index is -4.39. The monoisotopic (exact) mass is 453 g/mol. The van der Waals surface area contributed by atoms with Crippen molar-refractivity contribution in [1.82, 2.24) is 19.5 Å². The number of halogens is 4. The summed E-state index contributed by atoms with van der Waals surface area (Å²) >= 11 is 6.54. The molecule has 0 aromatic carbocycles. The van der Waals surface area contributed by atoms with Crippen LogP contribution in [0.3, 0.4) is 0 Å². The highest BCUT2D eigenvalue weighted by Gasteiger charge is 2.32. The molecule has 0 radical (unpaired) electrons. The van der Waals surface area contributed by atoms with Gasteiger partial charge in [-0.05, 0) is 36.3 Å². The van der Waals surface area contributed by atoms with Gasteiger partial charge in [-0.3, -0.25) is 4.57 Å². The molecule has 1 aliphatic rings. The number of rotatable bonds is 4. The van der Waals surface area contributed by atoms with Gasteiger partial charge >= 0.3 is 11.9 Å². The van der Waals surface area contributed by atoms with Gasteiger partial charge in [0.2, 0.25) is 5.95 Å². The Labute approximate surface area is 178 Å². The van der Waals surface area contributed by atoms with Gasteiger partial charge in [-0.25, -0.2) is 14.8 Å². The second-order valence-corrected chi connectivity index (χ2v) is 8.16. The van der Waals surface area contributed by atoms with Gasteiger partial charge < -0.3 is 4.90 Å². The normalized spacial score (nSPS) is 14.7. The molecule has 0 spiro atoms. The average molecular weight is 454 g/mol. The zero-order valence-electron chi connectivity index (χ0n) is 15.4. The zero-order chi connectivity index (χ0) is 21.3. The van der Waals surface area contributed by atoms with Crippen LogP contribution in [0.4, 0.5) is 19.1 Å². The third kappa shape index (κ3) is 4.54. The number of anilines is 1. The van der Waals surface area contributed by atoms with E-state index in [-0.39, 0.29) is 12.5 Å². The van der Waals surface area contributed by atoms with Crippen LogP contribution in [0.5, 0.6) is 0 Å². The molecule has 3 aromatic rings. The largest absolute Gasteiger partial charge is 0.425 e. The number of thiophene rings is 1. The van der Waals surface area contributed by atoms with Crippen LogP contribution < -0.4 is 10.6 Å². The Morgan fingerprint density at radius 3 is 2.63 bits per heavy atom. The lowest BCUT2D eigenvalue weighted by Crippen LogP contribution is -2.34. The maximum absolute atomic E-state index is 12.7. The molecule has 0 saturated carbocycles. The molecule has 0 saturated heterocycles. The van der Waals surface area contributed by atoms with Gasteiger partial charge in [0.25, 0.3) is 0 Å². The van der Waals surface area contributed by atoms with Gasteiger partial charge in [-0.1, -0.05) is 23.7 Å². The first kappa shape index (κ1) is 20.5. The molecule has 0 aliphatic carbocycles. The van der Waals surface area contributed by atoms with Crippen molar-refractivity contribution < 1.29 is 13.2 Å². The van der Waals surface area contributed by atoms with E-state index in [2.05, 4.69) is 15.0 Å². The summed E-state index contributed by atoms with van der Waals surface area (Å²) < 4.78 is 39.4. The fraction of sp³-hybridized carbons (Fsp3) is 0.263. The van der Waals surface area contributed by atoms with Crippen LogP contribution in [0, 0.1) is 0 Å². The number of hydrogen-bond acceptors (Lipinski definition) is 6. The Morgan fingerprint density at radius 2 is 2.00 bits per heavy atom. The smallest absolute Gasteiger partial charge is 0.337 e. The summed E-state index contributed by atoms with van der Waals surface area (Å²) in [5.74, 6) is 0.285. The SMILES string of the molecule is O=c1nc(N2CC=C(c3cccc(Cl)n3)CC2)ncn1Cc1ccc(C(F)(F)F)s1. The number of hydrogen-bond donors (Lipinski definition) is 0. The Bertz CT molecular complexity index is 1160. The van der Waals surface area contributed by atoms with Gasteiger partial charge in [0.1, 0.15) is 16.4 Å². The van der Waals surface area contributed by atoms with Crippen molar-refractivity contribution in [3.8, 4) is 0 Å². The predicted molar refractivity (Wildman–Crippen MR) is 109 cm³/mol. The fourth-order valence-corrected chi connectivity index (χ4v) is 4.10. The molecule has 0 fully saturated rings. The summed E-state index contributed by atoms with van der Waals surface area (Å²) in [4.78, 5) is 26.4. The Hall–Kier alpha value is -2.72. The molecule has 6 nitrogen and oxygen atoms in total. The third-order valence-corrected chi connectivity index (χ3v) is 5.88. The zero-order valence-corrected chi connectivity index (χ0v) is 17.0.